The lowest BCUT2D eigenvalue weighted by atomic mass is 10.0. The van der Waals surface area contributed by atoms with Crippen LogP contribution < -0.4 is 4.74 Å². The number of rotatable bonds is 4. The van der Waals surface area contributed by atoms with E-state index < -0.39 is 17.6 Å². The number of nitrogens with one attached hydrogen (secondary N) is 1. The third-order valence-electron chi connectivity index (χ3n) is 4.99. The molecule has 1 N–H and O–H groups in total. The van der Waals surface area contributed by atoms with Gasteiger partial charge in [-0.15, -0.1) is 0 Å². The molecule has 8 heteroatoms. The summed E-state index contributed by atoms with van der Waals surface area (Å²) < 4.78 is 36.6. The maximum Gasteiger partial charge on any atom is 0.337 e. The van der Waals surface area contributed by atoms with Crippen LogP contribution >= 0.6 is 0 Å². The van der Waals surface area contributed by atoms with Gasteiger partial charge in [-0.05, 0) is 30.3 Å². The fraction of sp³-hybridized carbons (Fsp3) is 0.238. The first kappa shape index (κ1) is 18.9. The summed E-state index contributed by atoms with van der Waals surface area (Å²) in [4.78, 5) is 29.3. The Morgan fingerprint density at radius 2 is 2.00 bits per heavy atom. The van der Waals surface area contributed by atoms with Gasteiger partial charge >= 0.3 is 5.97 Å². The second kappa shape index (κ2) is 7.54. The Kier molecular flexibility index (Phi) is 4.92. The first-order valence-corrected chi connectivity index (χ1v) is 9.03. The topological polar surface area (TPSA) is 71.6 Å². The van der Waals surface area contributed by atoms with Crippen molar-refractivity contribution in [2.45, 2.75) is 13.0 Å². The van der Waals surface area contributed by atoms with E-state index in [4.69, 9.17) is 9.47 Å². The summed E-state index contributed by atoms with van der Waals surface area (Å²) >= 11 is 0. The summed E-state index contributed by atoms with van der Waals surface area (Å²) in [7, 11) is 1.32. The molecule has 4 rings (SSSR count). The molecule has 3 aromatic rings. The predicted molar refractivity (Wildman–Crippen MR) is 101 cm³/mol. The van der Waals surface area contributed by atoms with E-state index in [0.29, 0.717) is 31.1 Å². The van der Waals surface area contributed by atoms with Gasteiger partial charge in [0.2, 0.25) is 0 Å². The normalized spacial score (nSPS) is 13.3. The first-order chi connectivity index (χ1) is 14.0. The maximum atomic E-state index is 13.7. The highest BCUT2D eigenvalue weighted by Gasteiger charge is 2.25. The van der Waals surface area contributed by atoms with Gasteiger partial charge in [-0.1, -0.05) is 0 Å². The number of ether oxygens (including phenoxy) is 2. The summed E-state index contributed by atoms with van der Waals surface area (Å²) in [6.07, 6.45) is 0.619. The highest BCUT2D eigenvalue weighted by Crippen LogP contribution is 2.29. The fourth-order valence-electron chi connectivity index (χ4n) is 3.49. The van der Waals surface area contributed by atoms with Gasteiger partial charge in [0.05, 0.1) is 12.7 Å². The predicted octanol–water partition coefficient (Wildman–Crippen LogP) is 3.20. The Hall–Kier alpha value is -3.42. The van der Waals surface area contributed by atoms with E-state index in [0.717, 1.165) is 34.3 Å². The van der Waals surface area contributed by atoms with Gasteiger partial charge in [0, 0.05) is 47.7 Å². The first-order valence-electron chi connectivity index (χ1n) is 9.03. The third kappa shape index (κ3) is 3.65. The standard InChI is InChI=1S/C21H18F2N2O4/c1-28-21(27)12-2-4-17-14(8-12)15-10-25(7-6-18(15)24-17)20(26)11-29-19-5-3-13(22)9-16(19)23/h2-5,8-9,24H,6-7,10-11H2,1H3. The lowest BCUT2D eigenvalue weighted by molar-refractivity contribution is -0.134. The van der Waals surface area contributed by atoms with Gasteiger partial charge in [0.1, 0.15) is 5.82 Å². The molecule has 1 aliphatic rings. The van der Waals surface area contributed by atoms with Crippen LogP contribution in [0.2, 0.25) is 0 Å². The number of nitrogens with zero attached hydrogens (tertiary/aromatic N) is 1. The Morgan fingerprint density at radius 1 is 1.17 bits per heavy atom. The second-order valence-corrected chi connectivity index (χ2v) is 6.76. The zero-order valence-electron chi connectivity index (χ0n) is 15.6. The number of amides is 1. The Morgan fingerprint density at radius 3 is 2.76 bits per heavy atom. The Labute approximate surface area is 165 Å². The van der Waals surface area contributed by atoms with E-state index in [1.54, 1.807) is 17.0 Å². The number of carbonyl (C=O) groups excluding carboxylic acids is 2. The van der Waals surface area contributed by atoms with Crippen molar-refractivity contribution in [2.24, 2.45) is 0 Å². The van der Waals surface area contributed by atoms with Gasteiger partial charge in [0.15, 0.2) is 18.2 Å². The van der Waals surface area contributed by atoms with Gasteiger partial charge in [-0.3, -0.25) is 4.79 Å². The van der Waals surface area contributed by atoms with E-state index in [-0.39, 0.29) is 18.3 Å². The number of aromatic amines is 1. The molecule has 6 nitrogen and oxygen atoms in total. The summed E-state index contributed by atoms with van der Waals surface area (Å²) in [6.45, 7) is 0.472. The monoisotopic (exact) mass is 400 g/mol. The molecule has 2 heterocycles. The fourth-order valence-corrected chi connectivity index (χ4v) is 3.49. The number of carbonyl (C=O) groups is 2. The SMILES string of the molecule is COC(=O)c1ccc2[nH]c3c(c2c1)CN(C(=O)COc1ccc(F)cc1F)CC3. The molecule has 0 saturated heterocycles. The molecule has 2 aromatic carbocycles. The van der Waals surface area contributed by atoms with Crippen molar-refractivity contribution >= 4 is 22.8 Å². The Balaban J connectivity index is 1.51. The van der Waals surface area contributed by atoms with E-state index in [9.17, 15) is 18.4 Å². The second-order valence-electron chi connectivity index (χ2n) is 6.76. The highest BCUT2D eigenvalue weighted by atomic mass is 19.1. The molecule has 0 fully saturated rings. The van der Waals surface area contributed by atoms with Crippen molar-refractivity contribution < 1.29 is 27.8 Å². The molecule has 0 bridgehead atoms. The number of halogens is 2. The van der Waals surface area contributed by atoms with Gasteiger partial charge in [0.25, 0.3) is 5.91 Å². The van der Waals surface area contributed by atoms with Crippen molar-refractivity contribution in [3.05, 3.63) is 64.9 Å². The van der Waals surface area contributed by atoms with Crippen LogP contribution in [-0.2, 0) is 22.5 Å². The van der Waals surface area contributed by atoms with Gasteiger partial charge < -0.3 is 19.4 Å². The number of esters is 1. The minimum absolute atomic E-state index is 0.174. The largest absolute Gasteiger partial charge is 0.481 e. The molecular formula is C21H18F2N2O4. The minimum Gasteiger partial charge on any atom is -0.481 e. The summed E-state index contributed by atoms with van der Waals surface area (Å²) in [5, 5.41) is 0.853. The van der Waals surface area contributed by atoms with Crippen molar-refractivity contribution in [3.8, 4) is 5.75 Å². The molecule has 0 aliphatic carbocycles. The van der Waals surface area contributed by atoms with Crippen molar-refractivity contribution in [1.29, 1.82) is 0 Å². The molecule has 0 radical (unpaired) electrons. The zero-order valence-corrected chi connectivity index (χ0v) is 15.6. The number of hydrogen-bond acceptors (Lipinski definition) is 4. The smallest absolute Gasteiger partial charge is 0.337 e. The van der Waals surface area contributed by atoms with Crippen LogP contribution in [-0.4, -0.2) is 42.0 Å². The molecule has 1 amide bonds. The van der Waals surface area contributed by atoms with Gasteiger partial charge in [-0.25, -0.2) is 13.6 Å². The molecule has 1 aromatic heterocycles. The van der Waals surface area contributed by atoms with E-state index in [1.807, 2.05) is 6.07 Å². The minimum atomic E-state index is -0.856. The number of hydrogen-bond donors (Lipinski definition) is 1. The summed E-state index contributed by atoms with van der Waals surface area (Å²) in [5.41, 5.74) is 3.25. The van der Waals surface area contributed by atoms with Crippen LogP contribution in [0.15, 0.2) is 36.4 Å². The number of benzene rings is 2. The van der Waals surface area contributed by atoms with Crippen LogP contribution in [0.1, 0.15) is 21.6 Å². The van der Waals surface area contributed by atoms with Crippen molar-refractivity contribution in [1.82, 2.24) is 9.88 Å². The zero-order chi connectivity index (χ0) is 20.5. The maximum absolute atomic E-state index is 13.7. The molecule has 29 heavy (non-hydrogen) atoms. The average Bonchev–Trinajstić information content (AvgIpc) is 3.09. The van der Waals surface area contributed by atoms with Crippen LogP contribution in [0.4, 0.5) is 8.78 Å². The number of H-pyrrole nitrogens is 1. The van der Waals surface area contributed by atoms with Crippen LogP contribution in [0.5, 0.6) is 5.75 Å². The lowest BCUT2D eigenvalue weighted by Crippen LogP contribution is -2.38. The van der Waals surface area contributed by atoms with Crippen LogP contribution in [0.25, 0.3) is 10.9 Å². The molecule has 0 spiro atoms. The lowest BCUT2D eigenvalue weighted by Gasteiger charge is -2.27. The van der Waals surface area contributed by atoms with E-state index >= 15 is 0 Å². The molecule has 0 atom stereocenters. The molecular weight excluding hydrogens is 382 g/mol. The van der Waals surface area contributed by atoms with Crippen molar-refractivity contribution in [3.63, 3.8) is 0 Å². The van der Waals surface area contributed by atoms with Crippen molar-refractivity contribution in [2.75, 3.05) is 20.3 Å². The third-order valence-corrected chi connectivity index (χ3v) is 4.99. The highest BCUT2D eigenvalue weighted by molar-refractivity contribution is 5.96. The number of fused-ring (bicyclic) bond motifs is 3. The molecule has 150 valence electrons. The van der Waals surface area contributed by atoms with E-state index in [1.165, 1.54) is 7.11 Å². The number of aromatic nitrogens is 1. The van der Waals surface area contributed by atoms with Crippen LogP contribution in [0.3, 0.4) is 0 Å². The van der Waals surface area contributed by atoms with Crippen LogP contribution in [0, 0.1) is 11.6 Å². The average molecular weight is 400 g/mol. The van der Waals surface area contributed by atoms with Gasteiger partial charge in [-0.2, -0.15) is 0 Å². The van der Waals surface area contributed by atoms with E-state index in [2.05, 4.69) is 4.98 Å². The summed E-state index contributed by atoms with van der Waals surface area (Å²) in [6, 6.07) is 8.17. The quantitative estimate of drug-likeness (QED) is 0.683. The summed E-state index contributed by atoms with van der Waals surface area (Å²) in [5.74, 6) is -2.48. The number of methoxy groups -OCH3 is 1. The molecule has 0 saturated carbocycles. The molecule has 1 aliphatic heterocycles. The molecule has 0 unspecified atom stereocenters. The Bertz CT molecular complexity index is 1110.